The highest BCUT2D eigenvalue weighted by Gasteiger charge is 2.31. The van der Waals surface area contributed by atoms with Crippen molar-refractivity contribution in [3.63, 3.8) is 0 Å². The third-order valence-electron chi connectivity index (χ3n) is 3.05. The fourth-order valence-electron chi connectivity index (χ4n) is 2.04. The van der Waals surface area contributed by atoms with Crippen LogP contribution < -0.4 is 0 Å². The van der Waals surface area contributed by atoms with Crippen LogP contribution in [0.3, 0.4) is 0 Å². The first-order chi connectivity index (χ1) is 10.4. The van der Waals surface area contributed by atoms with Crippen molar-refractivity contribution < 1.29 is 17.6 Å². The van der Waals surface area contributed by atoms with Crippen LogP contribution in [0.5, 0.6) is 0 Å². The summed E-state index contributed by atoms with van der Waals surface area (Å²) in [5, 5.41) is 0. The average Bonchev–Trinajstić information content (AvgIpc) is 3.09. The summed E-state index contributed by atoms with van der Waals surface area (Å²) in [7, 11) is 0. The first kappa shape index (κ1) is 14.3. The van der Waals surface area contributed by atoms with Crippen molar-refractivity contribution in [2.45, 2.75) is 12.7 Å². The SMILES string of the molecule is Fc1cc(-n2cnc(Cn3ccnc3)c2)cc(C(F)(F)F)c1. The van der Waals surface area contributed by atoms with Gasteiger partial charge in [-0.1, -0.05) is 0 Å². The molecular formula is C14H10F4N4. The maximum atomic E-state index is 13.4. The molecular weight excluding hydrogens is 300 g/mol. The Labute approximate surface area is 122 Å². The zero-order chi connectivity index (χ0) is 15.7. The van der Waals surface area contributed by atoms with Gasteiger partial charge in [0.2, 0.25) is 0 Å². The zero-order valence-electron chi connectivity index (χ0n) is 11.1. The van der Waals surface area contributed by atoms with Crippen molar-refractivity contribution in [1.82, 2.24) is 19.1 Å². The molecule has 0 atom stereocenters. The van der Waals surface area contributed by atoms with E-state index in [-0.39, 0.29) is 5.69 Å². The van der Waals surface area contributed by atoms with Crippen LogP contribution in [0.2, 0.25) is 0 Å². The molecule has 0 unspecified atom stereocenters. The van der Waals surface area contributed by atoms with Gasteiger partial charge in [0.1, 0.15) is 5.82 Å². The number of alkyl halides is 3. The Kier molecular flexibility index (Phi) is 3.44. The number of hydrogen-bond acceptors (Lipinski definition) is 2. The second-order valence-corrected chi connectivity index (χ2v) is 4.70. The van der Waals surface area contributed by atoms with Gasteiger partial charge in [0.05, 0.1) is 30.5 Å². The van der Waals surface area contributed by atoms with E-state index >= 15 is 0 Å². The van der Waals surface area contributed by atoms with Gasteiger partial charge in [-0.05, 0) is 18.2 Å². The predicted octanol–water partition coefficient (Wildman–Crippen LogP) is 3.28. The minimum atomic E-state index is -4.60. The normalized spacial score (nSPS) is 11.8. The average molecular weight is 310 g/mol. The number of aromatic nitrogens is 4. The van der Waals surface area contributed by atoms with Gasteiger partial charge in [-0.25, -0.2) is 14.4 Å². The van der Waals surface area contributed by atoms with Crippen molar-refractivity contribution in [2.75, 3.05) is 0 Å². The van der Waals surface area contributed by atoms with Crippen molar-refractivity contribution in [2.24, 2.45) is 0 Å². The Morgan fingerprint density at radius 2 is 1.91 bits per heavy atom. The summed E-state index contributed by atoms with van der Waals surface area (Å²) >= 11 is 0. The van der Waals surface area contributed by atoms with Crippen molar-refractivity contribution in [1.29, 1.82) is 0 Å². The number of hydrogen-bond donors (Lipinski definition) is 0. The summed E-state index contributed by atoms with van der Waals surface area (Å²) in [6.45, 7) is 0.425. The number of rotatable bonds is 3. The van der Waals surface area contributed by atoms with Gasteiger partial charge in [0, 0.05) is 24.3 Å². The topological polar surface area (TPSA) is 35.6 Å². The molecule has 8 heteroatoms. The molecule has 0 aliphatic heterocycles. The summed E-state index contributed by atoms with van der Waals surface area (Å²) in [6, 6.07) is 2.37. The van der Waals surface area contributed by atoms with Gasteiger partial charge >= 0.3 is 6.18 Å². The largest absolute Gasteiger partial charge is 0.416 e. The lowest BCUT2D eigenvalue weighted by Gasteiger charge is -2.09. The summed E-state index contributed by atoms with van der Waals surface area (Å²) in [5.41, 5.74) is -0.347. The van der Waals surface area contributed by atoms with Crippen LogP contribution >= 0.6 is 0 Å². The molecule has 3 aromatic rings. The molecule has 0 bridgehead atoms. The Hall–Kier alpha value is -2.64. The Bertz CT molecular complexity index is 774. The van der Waals surface area contributed by atoms with E-state index in [2.05, 4.69) is 9.97 Å². The number of imidazole rings is 2. The van der Waals surface area contributed by atoms with Gasteiger partial charge in [0.25, 0.3) is 0 Å². The van der Waals surface area contributed by atoms with E-state index in [0.717, 1.165) is 12.1 Å². The van der Waals surface area contributed by atoms with E-state index in [4.69, 9.17) is 0 Å². The first-order valence-electron chi connectivity index (χ1n) is 6.28. The van der Waals surface area contributed by atoms with Crippen LogP contribution in [0, 0.1) is 5.82 Å². The molecule has 0 amide bonds. The molecule has 0 radical (unpaired) electrons. The Morgan fingerprint density at radius 3 is 2.59 bits per heavy atom. The van der Waals surface area contributed by atoms with E-state index in [1.165, 1.54) is 10.9 Å². The van der Waals surface area contributed by atoms with Gasteiger partial charge in [-0.2, -0.15) is 13.2 Å². The molecule has 0 spiro atoms. The lowest BCUT2D eigenvalue weighted by Crippen LogP contribution is -2.07. The smallest absolute Gasteiger partial charge is 0.331 e. The highest BCUT2D eigenvalue weighted by molar-refractivity contribution is 5.38. The highest BCUT2D eigenvalue weighted by Crippen LogP contribution is 2.31. The second kappa shape index (κ2) is 5.28. The van der Waals surface area contributed by atoms with Crippen LogP contribution in [-0.2, 0) is 12.7 Å². The first-order valence-corrected chi connectivity index (χ1v) is 6.28. The number of halogens is 4. The minimum Gasteiger partial charge on any atom is -0.331 e. The van der Waals surface area contributed by atoms with Gasteiger partial charge in [0.15, 0.2) is 0 Å². The predicted molar refractivity (Wildman–Crippen MR) is 69.9 cm³/mol. The summed E-state index contributed by atoms with van der Waals surface area (Å²) in [6.07, 6.45) is 3.25. The van der Waals surface area contributed by atoms with E-state index in [1.807, 2.05) is 0 Å². The maximum absolute atomic E-state index is 13.4. The summed E-state index contributed by atoms with van der Waals surface area (Å²) in [4.78, 5) is 7.99. The van der Waals surface area contributed by atoms with Crippen LogP contribution in [0.4, 0.5) is 17.6 Å². The molecule has 3 rings (SSSR count). The molecule has 2 heterocycles. The molecule has 114 valence electrons. The molecule has 0 fully saturated rings. The van der Waals surface area contributed by atoms with Crippen LogP contribution in [0.1, 0.15) is 11.3 Å². The summed E-state index contributed by atoms with van der Waals surface area (Å²) < 4.78 is 54.7. The van der Waals surface area contributed by atoms with Gasteiger partial charge in [-0.15, -0.1) is 0 Å². The lowest BCUT2D eigenvalue weighted by molar-refractivity contribution is -0.137. The van der Waals surface area contributed by atoms with Crippen LogP contribution in [0.25, 0.3) is 5.69 Å². The maximum Gasteiger partial charge on any atom is 0.416 e. The zero-order valence-corrected chi connectivity index (χ0v) is 11.1. The van der Waals surface area contributed by atoms with E-state index in [1.54, 1.807) is 29.5 Å². The number of benzene rings is 1. The van der Waals surface area contributed by atoms with Crippen molar-refractivity contribution >= 4 is 0 Å². The quantitative estimate of drug-likeness (QED) is 0.696. The Balaban J connectivity index is 1.91. The molecule has 4 nitrogen and oxygen atoms in total. The van der Waals surface area contributed by atoms with Crippen molar-refractivity contribution in [3.8, 4) is 5.69 Å². The lowest BCUT2D eigenvalue weighted by atomic mass is 10.2. The molecule has 1 aromatic carbocycles. The summed E-state index contributed by atoms with van der Waals surface area (Å²) in [5.74, 6) is -0.949. The molecule has 0 aliphatic rings. The van der Waals surface area contributed by atoms with Crippen LogP contribution in [0.15, 0.2) is 49.4 Å². The molecule has 0 saturated heterocycles. The highest BCUT2D eigenvalue weighted by atomic mass is 19.4. The molecule has 0 aliphatic carbocycles. The molecule has 22 heavy (non-hydrogen) atoms. The van der Waals surface area contributed by atoms with Gasteiger partial charge in [-0.3, -0.25) is 0 Å². The van der Waals surface area contributed by atoms with Crippen molar-refractivity contribution in [3.05, 3.63) is 66.5 Å². The second-order valence-electron chi connectivity index (χ2n) is 4.70. The fourth-order valence-corrected chi connectivity index (χ4v) is 2.04. The minimum absolute atomic E-state index is 0.0664. The van der Waals surface area contributed by atoms with E-state index < -0.39 is 17.6 Å². The van der Waals surface area contributed by atoms with Crippen LogP contribution in [-0.4, -0.2) is 19.1 Å². The third kappa shape index (κ3) is 3.00. The standard InChI is InChI=1S/C14H10F4N4/c15-11-3-10(14(16,17)18)4-13(5-11)22-7-12(20-9-22)6-21-2-1-19-8-21/h1-5,7-9H,6H2. The monoisotopic (exact) mass is 310 g/mol. The number of nitrogens with zero attached hydrogens (tertiary/aromatic N) is 4. The Morgan fingerprint density at radius 1 is 1.09 bits per heavy atom. The molecule has 0 saturated carbocycles. The molecule has 0 N–H and O–H groups in total. The molecule has 2 aromatic heterocycles. The van der Waals surface area contributed by atoms with Gasteiger partial charge < -0.3 is 9.13 Å². The third-order valence-corrected chi connectivity index (χ3v) is 3.05. The van der Waals surface area contributed by atoms with E-state index in [0.29, 0.717) is 18.3 Å². The van der Waals surface area contributed by atoms with E-state index in [9.17, 15) is 17.6 Å². The fraction of sp³-hybridized carbons (Fsp3) is 0.143.